The fourth-order valence-corrected chi connectivity index (χ4v) is 4.87. The summed E-state index contributed by atoms with van der Waals surface area (Å²) in [4.78, 5) is 64.5. The quantitative estimate of drug-likeness (QED) is 0.127. The van der Waals surface area contributed by atoms with Gasteiger partial charge >= 0.3 is 5.97 Å². The lowest BCUT2D eigenvalue weighted by molar-refractivity contribution is -0.134. The molecule has 0 aliphatic carbocycles. The Bertz CT molecular complexity index is 1350. The van der Waals surface area contributed by atoms with Crippen molar-refractivity contribution in [2.45, 2.75) is 90.9 Å². The first kappa shape index (κ1) is 37.5. The van der Waals surface area contributed by atoms with E-state index in [1.54, 1.807) is 0 Å². The first-order chi connectivity index (χ1) is 21.9. The second-order valence-corrected chi connectivity index (χ2v) is 12.2. The SMILES string of the molecule is COC(=O)C#CC(CC(C)C)NC(=O)[C@H](Cc1ccccc1)NC(=O)[C@H](CC(C)C)NC(=O)[C@H](CCc1ccccc1)NC(C)=O. The lowest BCUT2D eigenvalue weighted by Gasteiger charge is -2.27. The largest absolute Gasteiger partial charge is 0.459 e. The van der Waals surface area contributed by atoms with Crippen molar-refractivity contribution in [1.82, 2.24) is 21.3 Å². The van der Waals surface area contributed by atoms with Crippen molar-refractivity contribution in [3.05, 3.63) is 71.8 Å². The van der Waals surface area contributed by atoms with Crippen molar-refractivity contribution in [1.29, 1.82) is 0 Å². The van der Waals surface area contributed by atoms with E-state index in [-0.39, 0.29) is 24.2 Å². The topological polar surface area (TPSA) is 143 Å². The van der Waals surface area contributed by atoms with Gasteiger partial charge in [0.1, 0.15) is 18.1 Å². The molecule has 0 aliphatic heterocycles. The van der Waals surface area contributed by atoms with Crippen LogP contribution in [0.25, 0.3) is 0 Å². The highest BCUT2D eigenvalue weighted by atomic mass is 16.5. The van der Waals surface area contributed by atoms with Gasteiger partial charge in [0.2, 0.25) is 23.6 Å². The zero-order valence-electron chi connectivity index (χ0n) is 27.7. The van der Waals surface area contributed by atoms with Crippen molar-refractivity contribution in [3.8, 4) is 11.8 Å². The van der Waals surface area contributed by atoms with E-state index in [2.05, 4.69) is 37.8 Å². The molecule has 2 aromatic rings. The second-order valence-electron chi connectivity index (χ2n) is 12.2. The minimum absolute atomic E-state index is 0.0324. The Balaban J connectivity index is 2.29. The van der Waals surface area contributed by atoms with Gasteiger partial charge in [-0.2, -0.15) is 0 Å². The van der Waals surface area contributed by atoms with Crippen LogP contribution in [0.2, 0.25) is 0 Å². The van der Waals surface area contributed by atoms with E-state index in [4.69, 9.17) is 0 Å². The number of methoxy groups -OCH3 is 1. The molecule has 248 valence electrons. The number of esters is 1. The van der Waals surface area contributed by atoms with E-state index in [1.165, 1.54) is 14.0 Å². The molecule has 0 fully saturated rings. The molecule has 0 aliphatic rings. The van der Waals surface area contributed by atoms with Crippen LogP contribution < -0.4 is 21.3 Å². The molecule has 0 saturated heterocycles. The summed E-state index contributed by atoms with van der Waals surface area (Å²) in [5.74, 6) is 2.79. The van der Waals surface area contributed by atoms with Crippen molar-refractivity contribution < 1.29 is 28.7 Å². The molecule has 2 rings (SSSR count). The molecule has 4 amide bonds. The highest BCUT2D eigenvalue weighted by molar-refractivity contribution is 5.94. The van der Waals surface area contributed by atoms with Crippen LogP contribution in [-0.4, -0.2) is 60.9 Å². The molecule has 0 spiro atoms. The van der Waals surface area contributed by atoms with Gasteiger partial charge < -0.3 is 26.0 Å². The fraction of sp³-hybridized carbons (Fsp3) is 0.472. The maximum absolute atomic E-state index is 13.8. The number of rotatable bonds is 16. The summed E-state index contributed by atoms with van der Waals surface area (Å²) >= 11 is 0. The van der Waals surface area contributed by atoms with Gasteiger partial charge in [0.15, 0.2) is 0 Å². The number of amides is 4. The minimum atomic E-state index is -1.000. The molecular weight excluding hydrogens is 584 g/mol. The average molecular weight is 633 g/mol. The third-order valence-corrected chi connectivity index (χ3v) is 7.07. The van der Waals surface area contributed by atoms with Gasteiger partial charge in [-0.25, -0.2) is 4.79 Å². The Labute approximate surface area is 272 Å². The Morgan fingerprint density at radius 3 is 1.74 bits per heavy atom. The number of benzene rings is 2. The zero-order valence-corrected chi connectivity index (χ0v) is 27.7. The summed E-state index contributed by atoms with van der Waals surface area (Å²) in [5.41, 5.74) is 1.84. The van der Waals surface area contributed by atoms with Crippen LogP contribution in [0.5, 0.6) is 0 Å². The van der Waals surface area contributed by atoms with Gasteiger partial charge in [-0.05, 0) is 48.6 Å². The highest BCUT2D eigenvalue weighted by Gasteiger charge is 2.30. The van der Waals surface area contributed by atoms with Crippen molar-refractivity contribution in [2.75, 3.05) is 7.11 Å². The number of hydrogen-bond donors (Lipinski definition) is 4. The van der Waals surface area contributed by atoms with Crippen LogP contribution in [0.3, 0.4) is 0 Å². The van der Waals surface area contributed by atoms with Gasteiger partial charge in [0, 0.05) is 19.3 Å². The predicted octanol–water partition coefficient (Wildman–Crippen LogP) is 3.09. The van der Waals surface area contributed by atoms with Crippen LogP contribution in [0, 0.1) is 23.7 Å². The number of nitrogens with one attached hydrogen (secondary N) is 4. The smallest absolute Gasteiger partial charge is 0.384 e. The third kappa shape index (κ3) is 14.4. The molecule has 46 heavy (non-hydrogen) atoms. The van der Waals surface area contributed by atoms with Gasteiger partial charge in [-0.15, -0.1) is 0 Å². The Hall–Kier alpha value is -4.65. The Morgan fingerprint density at radius 2 is 1.20 bits per heavy atom. The molecule has 0 radical (unpaired) electrons. The molecule has 4 N–H and O–H groups in total. The third-order valence-electron chi connectivity index (χ3n) is 7.07. The summed E-state index contributed by atoms with van der Waals surface area (Å²) < 4.78 is 4.61. The van der Waals surface area contributed by atoms with Crippen LogP contribution in [0.15, 0.2) is 60.7 Å². The normalized spacial score (nSPS) is 13.3. The maximum atomic E-state index is 13.8. The maximum Gasteiger partial charge on any atom is 0.384 e. The minimum Gasteiger partial charge on any atom is -0.459 e. The highest BCUT2D eigenvalue weighted by Crippen LogP contribution is 2.11. The van der Waals surface area contributed by atoms with Crippen molar-refractivity contribution in [2.24, 2.45) is 11.8 Å². The molecule has 1 unspecified atom stereocenters. The molecule has 0 saturated carbocycles. The number of aryl methyl sites for hydroxylation is 1. The van der Waals surface area contributed by atoms with Gasteiger partial charge in [-0.3, -0.25) is 19.2 Å². The lowest BCUT2D eigenvalue weighted by Crippen LogP contribution is -2.58. The standard InChI is InChI=1S/C36H48N4O6/c1-24(2)21-29(18-20-33(42)46-6)38-35(44)32(23-28-15-11-8-12-16-28)40-36(45)31(22-25(3)4)39-34(43)30(37-26(5)41)19-17-27-13-9-7-10-14-27/h7-16,24-25,29-32H,17,19,21-23H2,1-6H3,(H,37,41)(H,38,44)(H,39,43)(H,40,45)/t29?,30-,31-,32-/m0/s1. The monoisotopic (exact) mass is 632 g/mol. The summed E-state index contributed by atoms with van der Waals surface area (Å²) in [6.07, 6.45) is 1.86. The van der Waals surface area contributed by atoms with E-state index < -0.39 is 47.9 Å². The molecule has 2 aromatic carbocycles. The molecule has 0 bridgehead atoms. The van der Waals surface area contributed by atoms with Crippen LogP contribution in [0.4, 0.5) is 0 Å². The van der Waals surface area contributed by atoms with Gasteiger partial charge in [0.25, 0.3) is 0 Å². The summed E-state index contributed by atoms with van der Waals surface area (Å²) in [6, 6.07) is 15.4. The fourth-order valence-electron chi connectivity index (χ4n) is 4.87. The molecular formula is C36H48N4O6. The van der Waals surface area contributed by atoms with Crippen LogP contribution >= 0.6 is 0 Å². The second kappa shape index (κ2) is 19.7. The summed E-state index contributed by atoms with van der Waals surface area (Å²) in [7, 11) is 1.23. The number of carbonyl (C=O) groups excluding carboxylic acids is 5. The average Bonchev–Trinajstić information content (AvgIpc) is 3.01. The lowest BCUT2D eigenvalue weighted by atomic mass is 9.99. The summed E-state index contributed by atoms with van der Waals surface area (Å²) in [6.45, 7) is 9.14. The van der Waals surface area contributed by atoms with Crippen LogP contribution in [0.1, 0.15) is 65.0 Å². The Kier molecular flexibility index (Phi) is 16.1. The number of hydrogen-bond acceptors (Lipinski definition) is 6. The molecule has 10 nitrogen and oxygen atoms in total. The Morgan fingerprint density at radius 1 is 0.674 bits per heavy atom. The first-order valence-electron chi connectivity index (χ1n) is 15.7. The van der Waals surface area contributed by atoms with Gasteiger partial charge in [-0.1, -0.05) is 94.3 Å². The number of carbonyl (C=O) groups is 5. The summed E-state index contributed by atoms with van der Waals surface area (Å²) in [5, 5.41) is 11.3. The van der Waals surface area contributed by atoms with Crippen molar-refractivity contribution in [3.63, 3.8) is 0 Å². The predicted molar refractivity (Wildman–Crippen MR) is 177 cm³/mol. The molecule has 0 heterocycles. The molecule has 0 aromatic heterocycles. The van der Waals surface area contributed by atoms with E-state index >= 15 is 0 Å². The first-order valence-corrected chi connectivity index (χ1v) is 15.7. The van der Waals surface area contributed by atoms with Crippen LogP contribution in [-0.2, 0) is 41.6 Å². The molecule has 4 atom stereocenters. The molecule has 10 heteroatoms. The van der Waals surface area contributed by atoms with Gasteiger partial charge in [0.05, 0.1) is 13.2 Å². The number of ether oxygens (including phenoxy) is 1. The zero-order chi connectivity index (χ0) is 34.1. The van der Waals surface area contributed by atoms with E-state index in [0.717, 1.165) is 11.1 Å². The van der Waals surface area contributed by atoms with E-state index in [1.807, 2.05) is 88.4 Å². The van der Waals surface area contributed by atoms with E-state index in [0.29, 0.717) is 25.7 Å². The van der Waals surface area contributed by atoms with Crippen molar-refractivity contribution >= 4 is 29.6 Å². The van der Waals surface area contributed by atoms with E-state index in [9.17, 15) is 24.0 Å².